The molecule has 0 radical (unpaired) electrons. The number of H-pyrrole nitrogens is 1. The standard InChI is InChI=1S/C28H22Cl2F5N5O6/c29-15-3-12(40-24(45)37-22(43)18(39-40)20(31)32)4-16(30)19(15)46-13-1-2-17(41)14(5-13)21(42)36-23(44)38-28-9-25(33)6-26(34,10-28)8-27(35,7-25)11-28/h1-5,20,41H,6-11H2,(H,37,43,45)(H2,36,38,42,44). The summed E-state index contributed by atoms with van der Waals surface area (Å²) in [5, 5.41) is 17.5. The number of phenols is 1. The van der Waals surface area contributed by atoms with Gasteiger partial charge >= 0.3 is 11.7 Å². The molecule has 4 bridgehead atoms. The highest BCUT2D eigenvalue weighted by atomic mass is 35.5. The number of phenolic OH excluding ortho intramolecular Hbond substituents is 1. The van der Waals surface area contributed by atoms with Crippen LogP contribution in [0.1, 0.15) is 61.0 Å². The van der Waals surface area contributed by atoms with E-state index in [1.807, 2.05) is 5.32 Å². The van der Waals surface area contributed by atoms with Crippen molar-refractivity contribution in [3.05, 3.63) is 72.5 Å². The Kier molecular flexibility index (Phi) is 7.39. The van der Waals surface area contributed by atoms with E-state index in [0.29, 0.717) is 4.68 Å². The molecule has 7 rings (SSSR count). The lowest BCUT2D eigenvalue weighted by atomic mass is 9.49. The zero-order chi connectivity index (χ0) is 33.4. The quantitative estimate of drug-likeness (QED) is 0.254. The molecule has 1 aromatic heterocycles. The van der Waals surface area contributed by atoms with Gasteiger partial charge in [-0.1, -0.05) is 23.2 Å². The average Bonchev–Trinajstić information content (AvgIpc) is 2.88. The number of carbonyl (C=O) groups is 2. The van der Waals surface area contributed by atoms with Crippen LogP contribution in [0.15, 0.2) is 39.9 Å². The zero-order valence-electron chi connectivity index (χ0n) is 23.2. The van der Waals surface area contributed by atoms with Crippen molar-refractivity contribution in [2.45, 2.75) is 67.5 Å². The first-order valence-corrected chi connectivity index (χ1v) is 14.4. The Hall–Kier alpha value is -4.18. The van der Waals surface area contributed by atoms with Gasteiger partial charge in [0, 0.05) is 38.5 Å². The van der Waals surface area contributed by atoms with Crippen molar-refractivity contribution in [3.63, 3.8) is 0 Å². The molecular formula is C28H22Cl2F5N5O6. The van der Waals surface area contributed by atoms with E-state index >= 15 is 13.2 Å². The molecule has 0 aliphatic heterocycles. The number of urea groups is 1. The maximum atomic E-state index is 15.3. The fourth-order valence-corrected chi connectivity index (χ4v) is 7.78. The number of aromatic hydroxyl groups is 1. The highest BCUT2D eigenvalue weighted by Gasteiger charge is 2.71. The van der Waals surface area contributed by atoms with Crippen molar-refractivity contribution in [1.82, 2.24) is 25.4 Å². The molecule has 0 spiro atoms. The van der Waals surface area contributed by atoms with Crippen LogP contribution >= 0.6 is 23.2 Å². The van der Waals surface area contributed by atoms with E-state index in [-0.39, 0.29) is 46.5 Å². The molecule has 0 atom stereocenters. The van der Waals surface area contributed by atoms with E-state index < -0.39 is 88.4 Å². The van der Waals surface area contributed by atoms with Crippen molar-refractivity contribution in [2.24, 2.45) is 0 Å². The smallest absolute Gasteiger partial charge is 0.349 e. The van der Waals surface area contributed by atoms with Gasteiger partial charge in [-0.2, -0.15) is 9.78 Å². The lowest BCUT2D eigenvalue weighted by molar-refractivity contribution is -0.193. The fraction of sp³-hybridized carbons (Fsp3) is 0.393. The maximum Gasteiger partial charge on any atom is 0.349 e. The number of benzene rings is 2. The van der Waals surface area contributed by atoms with Crippen LogP contribution < -0.4 is 26.6 Å². The first-order chi connectivity index (χ1) is 21.4. The predicted octanol–water partition coefficient (Wildman–Crippen LogP) is 5.35. The molecule has 11 nitrogen and oxygen atoms in total. The Morgan fingerprint density at radius 3 is 2.07 bits per heavy atom. The summed E-state index contributed by atoms with van der Waals surface area (Å²) in [5.74, 6) is -2.11. The maximum absolute atomic E-state index is 15.3. The van der Waals surface area contributed by atoms with Crippen molar-refractivity contribution in [3.8, 4) is 22.9 Å². The normalized spacial score (nSPS) is 27.9. The van der Waals surface area contributed by atoms with Crippen LogP contribution in [-0.4, -0.2) is 54.4 Å². The molecular weight excluding hydrogens is 668 g/mol. The summed E-state index contributed by atoms with van der Waals surface area (Å²) in [6.07, 6.45) is -5.61. The molecule has 2 aromatic carbocycles. The number of aromatic nitrogens is 3. The number of hydrogen-bond acceptors (Lipinski definition) is 7. The monoisotopic (exact) mass is 689 g/mol. The van der Waals surface area contributed by atoms with E-state index in [9.17, 15) is 33.1 Å². The molecule has 4 fully saturated rings. The third kappa shape index (κ3) is 5.79. The number of halogens is 7. The zero-order valence-corrected chi connectivity index (χ0v) is 24.7. The Labute approximate surface area is 264 Å². The largest absolute Gasteiger partial charge is 0.507 e. The van der Waals surface area contributed by atoms with E-state index in [1.54, 1.807) is 4.98 Å². The first-order valence-electron chi connectivity index (χ1n) is 13.6. The summed E-state index contributed by atoms with van der Waals surface area (Å²) in [6, 6.07) is 4.23. The number of alkyl halides is 5. The van der Waals surface area contributed by atoms with Crippen molar-refractivity contribution in [2.75, 3.05) is 0 Å². The van der Waals surface area contributed by atoms with Gasteiger partial charge < -0.3 is 15.2 Å². The minimum absolute atomic E-state index is 0.140. The number of ether oxygens (including phenoxy) is 1. The third-order valence-electron chi connectivity index (χ3n) is 8.19. The second-order valence-electron chi connectivity index (χ2n) is 12.1. The summed E-state index contributed by atoms with van der Waals surface area (Å²) >= 11 is 12.5. The number of rotatable bonds is 6. The molecule has 3 amide bonds. The minimum atomic E-state index is -3.29. The van der Waals surface area contributed by atoms with Gasteiger partial charge in [-0.15, -0.1) is 0 Å². The van der Waals surface area contributed by atoms with Crippen LogP contribution in [0, 0.1) is 0 Å². The van der Waals surface area contributed by atoms with Crippen LogP contribution in [0.25, 0.3) is 5.69 Å². The predicted molar refractivity (Wildman–Crippen MR) is 152 cm³/mol. The molecule has 18 heteroatoms. The molecule has 4 N–H and O–H groups in total. The van der Waals surface area contributed by atoms with E-state index in [0.717, 1.165) is 24.3 Å². The summed E-state index contributed by atoms with van der Waals surface area (Å²) in [4.78, 5) is 51.2. The molecule has 3 aromatic rings. The van der Waals surface area contributed by atoms with Gasteiger partial charge in [0.15, 0.2) is 11.4 Å². The third-order valence-corrected chi connectivity index (χ3v) is 8.75. The van der Waals surface area contributed by atoms with Crippen LogP contribution in [0.4, 0.5) is 26.7 Å². The van der Waals surface area contributed by atoms with Crippen LogP contribution in [-0.2, 0) is 0 Å². The summed E-state index contributed by atoms with van der Waals surface area (Å²) in [5.41, 5.74) is -12.4. The summed E-state index contributed by atoms with van der Waals surface area (Å²) < 4.78 is 78.2. The van der Waals surface area contributed by atoms with E-state index in [2.05, 4.69) is 10.4 Å². The van der Waals surface area contributed by atoms with Gasteiger partial charge in [0.2, 0.25) is 0 Å². The Balaban J connectivity index is 1.19. The number of amides is 3. The Morgan fingerprint density at radius 2 is 1.52 bits per heavy atom. The van der Waals surface area contributed by atoms with E-state index in [4.69, 9.17) is 27.9 Å². The second-order valence-corrected chi connectivity index (χ2v) is 12.9. The summed E-state index contributed by atoms with van der Waals surface area (Å²) in [7, 11) is 0. The highest BCUT2D eigenvalue weighted by molar-refractivity contribution is 6.37. The molecule has 4 saturated carbocycles. The Morgan fingerprint density at radius 1 is 0.957 bits per heavy atom. The van der Waals surface area contributed by atoms with Gasteiger partial charge in [-0.05, 0) is 30.3 Å². The SMILES string of the molecule is O=C(NC(=O)c1cc(Oc2c(Cl)cc(-n3nc(C(F)F)c(=O)[nH]c3=O)cc2Cl)ccc1O)NC12CC3(F)CC(F)(CC(F)(C3)C1)C2. The Bertz CT molecular complexity index is 1850. The molecule has 0 saturated heterocycles. The van der Waals surface area contributed by atoms with Crippen LogP contribution in [0.3, 0.4) is 0 Å². The number of hydrogen-bond donors (Lipinski definition) is 4. The van der Waals surface area contributed by atoms with Crippen LogP contribution in [0.2, 0.25) is 10.0 Å². The molecule has 4 aliphatic rings. The summed E-state index contributed by atoms with van der Waals surface area (Å²) in [6.45, 7) is 0. The minimum Gasteiger partial charge on any atom is -0.507 e. The fourth-order valence-electron chi connectivity index (χ4n) is 7.22. The van der Waals surface area contributed by atoms with Crippen molar-refractivity contribution >= 4 is 35.1 Å². The van der Waals surface area contributed by atoms with Gasteiger partial charge in [0.1, 0.15) is 28.5 Å². The van der Waals surface area contributed by atoms with Crippen LogP contribution in [0.5, 0.6) is 17.2 Å². The molecule has 1 heterocycles. The van der Waals surface area contributed by atoms with Gasteiger partial charge in [-0.3, -0.25) is 19.9 Å². The second kappa shape index (κ2) is 10.7. The number of nitrogens with one attached hydrogen (secondary N) is 3. The molecule has 244 valence electrons. The van der Waals surface area contributed by atoms with Gasteiger partial charge in [0.05, 0.1) is 26.8 Å². The number of carbonyl (C=O) groups excluding carboxylic acids is 2. The first kappa shape index (κ1) is 31.8. The lowest BCUT2D eigenvalue weighted by Crippen LogP contribution is -2.73. The van der Waals surface area contributed by atoms with Crippen molar-refractivity contribution < 1.29 is 41.4 Å². The highest BCUT2D eigenvalue weighted by Crippen LogP contribution is 2.64. The number of imide groups is 1. The van der Waals surface area contributed by atoms with Gasteiger partial charge in [-0.25, -0.2) is 31.5 Å². The molecule has 0 unspecified atom stereocenters. The number of aromatic amines is 1. The van der Waals surface area contributed by atoms with E-state index in [1.165, 1.54) is 6.07 Å². The average molecular weight is 690 g/mol. The van der Waals surface area contributed by atoms with Crippen molar-refractivity contribution in [1.29, 1.82) is 0 Å². The number of nitrogens with zero attached hydrogens (tertiary/aromatic N) is 2. The topological polar surface area (TPSA) is 155 Å². The molecule has 46 heavy (non-hydrogen) atoms. The molecule has 4 aliphatic carbocycles. The lowest BCUT2D eigenvalue weighted by Gasteiger charge is -2.63. The van der Waals surface area contributed by atoms with Gasteiger partial charge in [0.25, 0.3) is 17.9 Å².